The van der Waals surface area contributed by atoms with Crippen molar-refractivity contribution in [3.05, 3.63) is 119 Å². The van der Waals surface area contributed by atoms with Crippen molar-refractivity contribution in [3.8, 4) is 23.0 Å². The molecule has 63 heavy (non-hydrogen) atoms. The summed E-state index contributed by atoms with van der Waals surface area (Å²) in [7, 11) is -0.613. The maximum absolute atomic E-state index is 13.5. The van der Waals surface area contributed by atoms with Gasteiger partial charge in [0.1, 0.15) is 47.9 Å². The number of carbonyl (C=O) groups excluding carboxylic acids is 2. The van der Waals surface area contributed by atoms with Crippen LogP contribution in [0.5, 0.6) is 23.0 Å². The van der Waals surface area contributed by atoms with Crippen molar-refractivity contribution in [3.63, 3.8) is 0 Å². The van der Waals surface area contributed by atoms with Gasteiger partial charge in [0.05, 0.1) is 48.1 Å². The number of rotatable bonds is 18. The fraction of sp³-hybridized carbons (Fsp3) is 0.480. The standard InChI is InChI=1S/2C25H34NO3.H3O4P/c2*1-5-12-19(18-26(4,7-3)17-6-2)28-25(27)24-20-13-8-10-15-22(20)29-23-16-11-9-14-21(23)24;1-5(2,3)4/h2*8-11,13-16,19,24H,5-7,12,17-18H2,1-4H3;(H3,1,2,3,4)/q2*+1;/p-2. The zero-order valence-electron chi connectivity index (χ0n) is 38.5. The van der Waals surface area contributed by atoms with E-state index in [0.717, 1.165) is 132 Å². The molecule has 2 aliphatic rings. The molecule has 0 fully saturated rings. The van der Waals surface area contributed by atoms with Crippen molar-refractivity contribution in [1.82, 2.24) is 0 Å². The summed E-state index contributed by atoms with van der Waals surface area (Å²) in [4.78, 5) is 51.2. The highest BCUT2D eigenvalue weighted by Gasteiger charge is 2.38. The Hall–Kier alpha value is -4.55. The number of likely N-dealkylation sites (N-methyl/N-ethyl adjacent to an activating group) is 2. The molecule has 4 aromatic carbocycles. The number of ether oxygens (including phenoxy) is 4. The third-order valence-electron chi connectivity index (χ3n) is 12.0. The third kappa shape index (κ3) is 14.7. The smallest absolute Gasteiger partial charge is 0.318 e. The molecular formula is C50H69N2O10P. The molecule has 6 rings (SSSR count). The Morgan fingerprint density at radius 2 is 0.841 bits per heavy atom. The summed E-state index contributed by atoms with van der Waals surface area (Å²) in [6.45, 7) is 19.1. The Balaban J connectivity index is 0.000000250. The van der Waals surface area contributed by atoms with Gasteiger partial charge in [0.25, 0.3) is 0 Å². The molecule has 0 saturated carbocycles. The number of phosphoric acid groups is 1. The van der Waals surface area contributed by atoms with E-state index in [2.05, 4.69) is 55.6 Å². The SMILES string of the molecule is CCCC(C[N+](C)(CC)CCC)OC(=O)C1c2ccccc2Oc2ccccc21.CCCC(C[N+](C)(CC)CCC)OC(=O)C1c2ccccc2Oc2ccccc21.O=P([O-])([O-])O. The van der Waals surface area contributed by atoms with Crippen LogP contribution in [0.3, 0.4) is 0 Å². The normalized spacial score (nSPS) is 15.8. The van der Waals surface area contributed by atoms with Gasteiger partial charge in [-0.25, -0.2) is 0 Å². The molecule has 4 aromatic rings. The van der Waals surface area contributed by atoms with Crippen LogP contribution < -0.4 is 19.3 Å². The predicted molar refractivity (Wildman–Crippen MR) is 243 cm³/mol. The monoisotopic (exact) mass is 888 g/mol. The van der Waals surface area contributed by atoms with E-state index in [1.54, 1.807) is 0 Å². The minimum absolute atomic E-state index is 0.0776. The Bertz CT molecular complexity index is 1890. The molecule has 0 amide bonds. The molecule has 0 saturated heterocycles. The number of quaternary nitrogens is 2. The zero-order chi connectivity index (χ0) is 46.2. The van der Waals surface area contributed by atoms with E-state index in [4.69, 9.17) is 38.2 Å². The van der Waals surface area contributed by atoms with E-state index < -0.39 is 19.7 Å². The molecule has 0 aliphatic carbocycles. The van der Waals surface area contributed by atoms with Gasteiger partial charge in [-0.05, 0) is 63.8 Å². The molecule has 2 aliphatic heterocycles. The maximum Gasteiger partial charge on any atom is 0.318 e. The number of para-hydroxylation sites is 4. The van der Waals surface area contributed by atoms with Crippen molar-refractivity contribution < 1.29 is 56.7 Å². The molecule has 4 unspecified atom stereocenters. The minimum atomic E-state index is -5.14. The summed E-state index contributed by atoms with van der Waals surface area (Å²) in [6, 6.07) is 31.1. The van der Waals surface area contributed by atoms with Crippen molar-refractivity contribution in [2.75, 3.05) is 53.4 Å². The van der Waals surface area contributed by atoms with Crippen LogP contribution in [-0.4, -0.2) is 91.4 Å². The number of fused-ring (bicyclic) bond motifs is 4. The van der Waals surface area contributed by atoms with E-state index in [9.17, 15) is 9.59 Å². The third-order valence-corrected chi connectivity index (χ3v) is 12.0. The van der Waals surface area contributed by atoms with Gasteiger partial charge in [0.15, 0.2) is 12.2 Å². The molecule has 0 bridgehead atoms. The number of nitrogens with zero attached hydrogens (tertiary/aromatic N) is 2. The molecule has 0 spiro atoms. The first-order valence-electron chi connectivity index (χ1n) is 22.6. The van der Waals surface area contributed by atoms with Crippen LogP contribution in [-0.2, 0) is 23.6 Å². The van der Waals surface area contributed by atoms with Crippen LogP contribution in [0.2, 0.25) is 0 Å². The number of esters is 2. The quantitative estimate of drug-likeness (QED) is 0.0582. The second kappa shape index (κ2) is 23.9. The van der Waals surface area contributed by atoms with Crippen LogP contribution in [0.15, 0.2) is 97.1 Å². The Morgan fingerprint density at radius 1 is 0.571 bits per heavy atom. The highest BCUT2D eigenvalue weighted by molar-refractivity contribution is 7.42. The Kier molecular flexibility index (Phi) is 19.4. The summed E-state index contributed by atoms with van der Waals surface area (Å²) >= 11 is 0. The molecule has 1 N–H and O–H groups in total. The zero-order valence-corrected chi connectivity index (χ0v) is 39.4. The van der Waals surface area contributed by atoms with Gasteiger partial charge in [0, 0.05) is 22.3 Å². The molecule has 2 heterocycles. The van der Waals surface area contributed by atoms with Gasteiger partial charge in [0.2, 0.25) is 0 Å². The number of hydrogen-bond acceptors (Lipinski definition) is 9. The average molecular weight is 889 g/mol. The van der Waals surface area contributed by atoms with Crippen LogP contribution in [0.1, 0.15) is 114 Å². The van der Waals surface area contributed by atoms with E-state index in [-0.39, 0.29) is 24.1 Å². The van der Waals surface area contributed by atoms with Crippen molar-refractivity contribution in [2.45, 2.75) is 104 Å². The van der Waals surface area contributed by atoms with Crippen molar-refractivity contribution in [2.24, 2.45) is 0 Å². The first kappa shape index (κ1) is 51.1. The minimum Gasteiger partial charge on any atom is -0.790 e. The van der Waals surface area contributed by atoms with E-state index in [1.807, 2.05) is 97.1 Å². The molecule has 13 heteroatoms. The summed E-state index contributed by atoms with van der Waals surface area (Å²) < 4.78 is 34.9. The topological polar surface area (TPSA) is 154 Å². The molecule has 12 nitrogen and oxygen atoms in total. The predicted octanol–water partition coefficient (Wildman–Crippen LogP) is 8.83. The highest BCUT2D eigenvalue weighted by atomic mass is 31.2. The number of carbonyl (C=O) groups is 2. The lowest BCUT2D eigenvalue weighted by atomic mass is 9.88. The van der Waals surface area contributed by atoms with Gasteiger partial charge in [-0.1, -0.05) is 113 Å². The summed E-state index contributed by atoms with van der Waals surface area (Å²) in [5.74, 6) is 1.71. The van der Waals surface area contributed by atoms with Crippen molar-refractivity contribution >= 4 is 19.8 Å². The second-order valence-electron chi connectivity index (χ2n) is 17.1. The molecule has 0 aromatic heterocycles. The summed E-state index contributed by atoms with van der Waals surface area (Å²) in [6.07, 6.45) is 5.85. The summed E-state index contributed by atoms with van der Waals surface area (Å²) in [5.41, 5.74) is 3.53. The Labute approximate surface area is 375 Å². The van der Waals surface area contributed by atoms with Gasteiger partial charge < -0.3 is 47.2 Å². The lowest BCUT2D eigenvalue weighted by molar-refractivity contribution is -0.910. The average Bonchev–Trinajstić information content (AvgIpc) is 3.24. The molecule has 0 radical (unpaired) electrons. The largest absolute Gasteiger partial charge is 0.790 e. The van der Waals surface area contributed by atoms with Crippen molar-refractivity contribution in [1.29, 1.82) is 0 Å². The van der Waals surface area contributed by atoms with E-state index in [0.29, 0.717) is 0 Å². The highest BCUT2D eigenvalue weighted by Crippen LogP contribution is 2.46. The lowest BCUT2D eigenvalue weighted by Gasteiger charge is -2.36. The molecule has 4 atom stereocenters. The second-order valence-corrected chi connectivity index (χ2v) is 18.0. The van der Waals surface area contributed by atoms with Gasteiger partial charge in [-0.2, -0.15) is 0 Å². The van der Waals surface area contributed by atoms with Gasteiger partial charge in [-0.15, -0.1) is 0 Å². The number of hydrogen-bond donors (Lipinski definition) is 1. The lowest BCUT2D eigenvalue weighted by Crippen LogP contribution is -2.50. The Morgan fingerprint density at radius 3 is 1.08 bits per heavy atom. The number of benzene rings is 4. The summed E-state index contributed by atoms with van der Waals surface area (Å²) in [5, 5.41) is 0. The fourth-order valence-electron chi connectivity index (χ4n) is 8.63. The fourth-order valence-corrected chi connectivity index (χ4v) is 8.63. The first-order chi connectivity index (χ1) is 30.0. The van der Waals surface area contributed by atoms with Crippen LogP contribution in [0.4, 0.5) is 0 Å². The van der Waals surface area contributed by atoms with Gasteiger partial charge in [-0.3, -0.25) is 9.59 Å². The molecular weight excluding hydrogens is 820 g/mol. The van der Waals surface area contributed by atoms with E-state index in [1.165, 1.54) is 0 Å². The molecule has 344 valence electrons. The van der Waals surface area contributed by atoms with Crippen LogP contribution in [0.25, 0.3) is 0 Å². The van der Waals surface area contributed by atoms with E-state index >= 15 is 0 Å². The van der Waals surface area contributed by atoms with Crippen LogP contribution >= 0.6 is 7.82 Å². The van der Waals surface area contributed by atoms with Crippen LogP contribution in [0, 0.1) is 0 Å². The van der Waals surface area contributed by atoms with Gasteiger partial charge >= 0.3 is 11.9 Å². The maximum atomic E-state index is 13.5. The first-order valence-corrected chi connectivity index (χ1v) is 24.1.